The fourth-order valence-electron chi connectivity index (χ4n) is 2.06. The molecule has 1 N–H and O–H groups in total. The van der Waals surface area contributed by atoms with E-state index in [0.717, 1.165) is 30.0 Å². The third kappa shape index (κ3) is 2.09. The van der Waals surface area contributed by atoms with E-state index in [9.17, 15) is 0 Å². The highest BCUT2D eigenvalue weighted by molar-refractivity contribution is 5.73. The zero-order valence-corrected chi connectivity index (χ0v) is 10.1. The molecule has 0 aliphatic carbocycles. The molecule has 0 aliphatic rings. The van der Waals surface area contributed by atoms with Crippen LogP contribution >= 0.6 is 0 Å². The number of benzene rings is 1. The van der Waals surface area contributed by atoms with E-state index in [1.165, 1.54) is 5.56 Å². The summed E-state index contributed by atoms with van der Waals surface area (Å²) in [6, 6.07) is 6.29. The van der Waals surface area contributed by atoms with Crippen molar-refractivity contribution in [1.82, 2.24) is 10.3 Å². The molecule has 3 heteroatoms. The van der Waals surface area contributed by atoms with Crippen LogP contribution in [0.25, 0.3) is 11.1 Å². The first kappa shape index (κ1) is 11.1. The van der Waals surface area contributed by atoms with E-state index < -0.39 is 0 Å². The first-order valence-electron chi connectivity index (χ1n) is 5.76. The Labute approximate surface area is 95.9 Å². The molecule has 0 saturated carbocycles. The molecule has 0 bridgehead atoms. The molecule has 86 valence electrons. The number of nitrogens with one attached hydrogen (secondary N) is 1. The average Bonchev–Trinajstić information content (AvgIpc) is 2.64. The number of oxazole rings is 1. The molecule has 1 atom stereocenters. The van der Waals surface area contributed by atoms with E-state index in [1.54, 1.807) is 0 Å². The van der Waals surface area contributed by atoms with Gasteiger partial charge in [0.05, 0.1) is 0 Å². The summed E-state index contributed by atoms with van der Waals surface area (Å²) in [5.41, 5.74) is 3.17. The zero-order valence-electron chi connectivity index (χ0n) is 10.1. The lowest BCUT2D eigenvalue weighted by atomic mass is 9.96. The summed E-state index contributed by atoms with van der Waals surface area (Å²) in [4.78, 5) is 4.36. The molecule has 2 aromatic rings. The molecule has 16 heavy (non-hydrogen) atoms. The summed E-state index contributed by atoms with van der Waals surface area (Å²) in [6.45, 7) is 5.09. The molecule has 1 unspecified atom stereocenters. The van der Waals surface area contributed by atoms with E-state index in [4.69, 9.17) is 4.42 Å². The molecule has 0 spiro atoms. The summed E-state index contributed by atoms with van der Waals surface area (Å²) < 4.78 is 5.47. The van der Waals surface area contributed by atoms with Crippen LogP contribution in [0.5, 0.6) is 0 Å². The van der Waals surface area contributed by atoms with Gasteiger partial charge in [-0.25, -0.2) is 4.98 Å². The maximum Gasteiger partial charge on any atom is 0.192 e. The molecular weight excluding hydrogens is 200 g/mol. The third-order valence-corrected chi connectivity index (χ3v) is 2.93. The lowest BCUT2D eigenvalue weighted by Crippen LogP contribution is -2.16. The molecule has 3 nitrogen and oxygen atoms in total. The predicted octanol–water partition coefficient (Wildman–Crippen LogP) is 2.85. The summed E-state index contributed by atoms with van der Waals surface area (Å²) in [7, 11) is 1.99. The van der Waals surface area contributed by atoms with Gasteiger partial charge in [-0.3, -0.25) is 0 Å². The minimum atomic E-state index is 0.548. The van der Waals surface area contributed by atoms with Crippen LogP contribution in [-0.2, 0) is 0 Å². The van der Waals surface area contributed by atoms with Crippen LogP contribution in [0.4, 0.5) is 0 Å². The Hall–Kier alpha value is -1.35. The van der Waals surface area contributed by atoms with Gasteiger partial charge >= 0.3 is 0 Å². The van der Waals surface area contributed by atoms with Gasteiger partial charge < -0.3 is 9.73 Å². The molecular formula is C13H18N2O. The van der Waals surface area contributed by atoms with Gasteiger partial charge in [-0.2, -0.15) is 0 Å². The Morgan fingerprint density at radius 3 is 2.94 bits per heavy atom. The highest BCUT2D eigenvalue weighted by atomic mass is 16.3. The number of hydrogen-bond acceptors (Lipinski definition) is 3. The van der Waals surface area contributed by atoms with Crippen LogP contribution in [0.1, 0.15) is 30.7 Å². The summed E-state index contributed by atoms with van der Waals surface area (Å²) in [5.74, 6) is 1.28. The monoisotopic (exact) mass is 218 g/mol. The van der Waals surface area contributed by atoms with E-state index in [1.807, 2.05) is 20.0 Å². The zero-order chi connectivity index (χ0) is 11.5. The normalized spacial score (nSPS) is 13.2. The fraction of sp³-hybridized carbons (Fsp3) is 0.462. The van der Waals surface area contributed by atoms with Crippen molar-refractivity contribution in [3.63, 3.8) is 0 Å². The van der Waals surface area contributed by atoms with Gasteiger partial charge in [0.1, 0.15) is 5.52 Å². The van der Waals surface area contributed by atoms with Gasteiger partial charge in [0.2, 0.25) is 0 Å². The van der Waals surface area contributed by atoms with Crippen molar-refractivity contribution in [2.24, 2.45) is 0 Å². The van der Waals surface area contributed by atoms with Crippen LogP contribution in [-0.4, -0.2) is 18.6 Å². The minimum Gasteiger partial charge on any atom is -0.441 e. The number of aromatic nitrogens is 1. The maximum absolute atomic E-state index is 5.47. The van der Waals surface area contributed by atoms with Crippen molar-refractivity contribution in [3.05, 3.63) is 29.7 Å². The fourth-order valence-corrected chi connectivity index (χ4v) is 2.06. The number of fused-ring (bicyclic) bond motifs is 1. The predicted molar refractivity (Wildman–Crippen MR) is 65.7 cm³/mol. The Morgan fingerprint density at radius 1 is 1.44 bits per heavy atom. The second-order valence-electron chi connectivity index (χ2n) is 4.12. The number of rotatable bonds is 4. The number of likely N-dealkylation sites (N-methyl/N-ethyl adjacent to an activating group) is 1. The van der Waals surface area contributed by atoms with Crippen molar-refractivity contribution in [1.29, 1.82) is 0 Å². The van der Waals surface area contributed by atoms with Crippen molar-refractivity contribution < 1.29 is 4.42 Å². The van der Waals surface area contributed by atoms with E-state index in [-0.39, 0.29) is 0 Å². The minimum absolute atomic E-state index is 0.548. The van der Waals surface area contributed by atoms with Gasteiger partial charge in [-0.1, -0.05) is 13.0 Å². The van der Waals surface area contributed by atoms with Crippen LogP contribution in [0.3, 0.4) is 0 Å². The number of hydrogen-bond donors (Lipinski definition) is 1. The first-order valence-corrected chi connectivity index (χ1v) is 5.76. The van der Waals surface area contributed by atoms with E-state index >= 15 is 0 Å². The summed E-state index contributed by atoms with van der Waals surface area (Å²) in [6.07, 6.45) is 1.13. The smallest absolute Gasteiger partial charge is 0.192 e. The molecule has 0 radical (unpaired) electrons. The Kier molecular flexibility index (Phi) is 3.25. The second kappa shape index (κ2) is 4.66. The first-order chi connectivity index (χ1) is 7.74. The van der Waals surface area contributed by atoms with Crippen molar-refractivity contribution >= 4 is 11.1 Å². The van der Waals surface area contributed by atoms with Crippen LogP contribution in [0, 0.1) is 6.92 Å². The molecule has 0 saturated heterocycles. The van der Waals surface area contributed by atoms with Crippen molar-refractivity contribution in [2.45, 2.75) is 26.2 Å². The third-order valence-electron chi connectivity index (χ3n) is 2.93. The Morgan fingerprint density at radius 2 is 2.25 bits per heavy atom. The van der Waals surface area contributed by atoms with Gasteiger partial charge in [0.25, 0.3) is 0 Å². The quantitative estimate of drug-likeness (QED) is 0.857. The number of nitrogens with zero attached hydrogens (tertiary/aromatic N) is 1. The maximum atomic E-state index is 5.47. The molecule has 2 rings (SSSR count). The summed E-state index contributed by atoms with van der Waals surface area (Å²) in [5, 5.41) is 3.23. The molecule has 1 aromatic carbocycles. The highest BCUT2D eigenvalue weighted by Gasteiger charge is 2.10. The summed E-state index contributed by atoms with van der Waals surface area (Å²) >= 11 is 0. The number of aryl methyl sites for hydroxylation is 1. The lowest BCUT2D eigenvalue weighted by Gasteiger charge is -2.14. The Bertz CT molecular complexity index is 476. The van der Waals surface area contributed by atoms with Crippen LogP contribution < -0.4 is 5.32 Å². The second-order valence-corrected chi connectivity index (χ2v) is 4.12. The topological polar surface area (TPSA) is 38.1 Å². The standard InChI is InChI=1S/C13H18N2O/c1-4-10(8-14-3)11-5-6-13-12(7-11)15-9(2)16-13/h5-7,10,14H,4,8H2,1-3H3. The van der Waals surface area contributed by atoms with E-state index in [0.29, 0.717) is 5.92 Å². The van der Waals surface area contributed by atoms with Gasteiger partial charge in [-0.15, -0.1) is 0 Å². The largest absolute Gasteiger partial charge is 0.441 e. The van der Waals surface area contributed by atoms with Crippen molar-refractivity contribution in [3.8, 4) is 0 Å². The van der Waals surface area contributed by atoms with E-state index in [2.05, 4.69) is 29.4 Å². The molecule has 1 aromatic heterocycles. The lowest BCUT2D eigenvalue weighted by molar-refractivity contribution is 0.561. The van der Waals surface area contributed by atoms with Crippen molar-refractivity contribution in [2.75, 3.05) is 13.6 Å². The Balaban J connectivity index is 2.36. The van der Waals surface area contributed by atoms with Gasteiger partial charge in [-0.05, 0) is 37.1 Å². The van der Waals surface area contributed by atoms with Gasteiger partial charge in [0.15, 0.2) is 11.5 Å². The van der Waals surface area contributed by atoms with Crippen LogP contribution in [0.15, 0.2) is 22.6 Å². The molecule has 0 aliphatic heterocycles. The molecule has 1 heterocycles. The average molecular weight is 218 g/mol. The molecule has 0 fully saturated rings. The van der Waals surface area contributed by atoms with Gasteiger partial charge in [0, 0.05) is 13.5 Å². The SMILES string of the molecule is CCC(CNC)c1ccc2oc(C)nc2c1. The van der Waals surface area contributed by atoms with Crippen LogP contribution in [0.2, 0.25) is 0 Å². The molecule has 0 amide bonds. The highest BCUT2D eigenvalue weighted by Crippen LogP contribution is 2.23.